The van der Waals surface area contributed by atoms with Gasteiger partial charge < -0.3 is 25.5 Å². The van der Waals surface area contributed by atoms with Gasteiger partial charge in [-0.05, 0) is 18.6 Å². The predicted molar refractivity (Wildman–Crippen MR) is 93.6 cm³/mol. The molecule has 0 saturated heterocycles. The second-order valence-corrected chi connectivity index (χ2v) is 5.62. The topological polar surface area (TPSA) is 114 Å². The Bertz CT molecular complexity index is 941. The van der Waals surface area contributed by atoms with Gasteiger partial charge in [-0.15, -0.1) is 0 Å². The highest BCUT2D eigenvalue weighted by Crippen LogP contribution is 2.55. The van der Waals surface area contributed by atoms with E-state index in [2.05, 4.69) is 4.98 Å². The van der Waals surface area contributed by atoms with Gasteiger partial charge in [0, 0.05) is 17.3 Å². The van der Waals surface area contributed by atoms with E-state index >= 15 is 0 Å². The first-order valence-electron chi connectivity index (χ1n) is 7.33. The van der Waals surface area contributed by atoms with Crippen LogP contribution in [0.5, 0.6) is 28.7 Å². The van der Waals surface area contributed by atoms with Crippen LogP contribution in [0.1, 0.15) is 5.56 Å². The Morgan fingerprint density at radius 2 is 1.32 bits per heavy atom. The number of benzene rings is 2. The van der Waals surface area contributed by atoms with Crippen molar-refractivity contribution in [1.29, 1.82) is 0 Å². The number of phenolic OH excluding ortho intramolecular Hbond substituents is 5. The first kappa shape index (κ1) is 16.5. The molecule has 0 amide bonds. The number of aromatic hydroxyl groups is 5. The maximum Gasteiger partial charge on any atom is 0.208 e. The summed E-state index contributed by atoms with van der Waals surface area (Å²) in [5.74, 6) is -4.35. The van der Waals surface area contributed by atoms with Crippen LogP contribution in [0.3, 0.4) is 0 Å². The van der Waals surface area contributed by atoms with Crippen molar-refractivity contribution in [2.75, 3.05) is 0 Å². The van der Waals surface area contributed by atoms with Crippen molar-refractivity contribution in [3.05, 3.63) is 42.1 Å². The molecule has 0 spiro atoms. The van der Waals surface area contributed by atoms with Crippen molar-refractivity contribution < 1.29 is 25.5 Å². The molecule has 0 bridgehead atoms. The van der Waals surface area contributed by atoms with Crippen LogP contribution < -0.4 is 5.46 Å². The molecule has 2 aromatic carbocycles. The van der Waals surface area contributed by atoms with Crippen LogP contribution in [-0.2, 0) is 0 Å². The van der Waals surface area contributed by atoms with Gasteiger partial charge in [0.2, 0.25) is 17.2 Å². The lowest BCUT2D eigenvalue weighted by Crippen LogP contribution is -1.99. The molecule has 0 saturated carbocycles. The second-order valence-electron chi connectivity index (χ2n) is 5.62. The van der Waals surface area contributed by atoms with Crippen molar-refractivity contribution in [1.82, 2.24) is 4.98 Å². The Balaban J connectivity index is 2.16. The molecular weight excluding hydrogens is 321 g/mol. The van der Waals surface area contributed by atoms with E-state index in [1.807, 2.05) is 12.1 Å². The normalized spacial score (nSPS) is 10.8. The van der Waals surface area contributed by atoms with Gasteiger partial charge in [0.05, 0.1) is 11.3 Å². The smallest absolute Gasteiger partial charge is 0.208 e. The minimum Gasteiger partial charge on any atom is -0.504 e. The highest BCUT2D eigenvalue weighted by atomic mass is 16.4. The summed E-state index contributed by atoms with van der Waals surface area (Å²) in [7, 11) is 5.66. The van der Waals surface area contributed by atoms with Crippen LogP contribution in [0.15, 0.2) is 36.5 Å². The third-order valence-corrected chi connectivity index (χ3v) is 3.96. The summed E-state index contributed by atoms with van der Waals surface area (Å²) in [6.07, 6.45) is 1.39. The monoisotopic (exact) mass is 335 g/mol. The van der Waals surface area contributed by atoms with Crippen molar-refractivity contribution >= 4 is 13.3 Å². The van der Waals surface area contributed by atoms with E-state index in [-0.39, 0.29) is 5.56 Å². The molecule has 124 valence electrons. The third-order valence-electron chi connectivity index (χ3n) is 3.96. The summed E-state index contributed by atoms with van der Waals surface area (Å²) < 4.78 is 0. The lowest BCUT2D eigenvalue weighted by Gasteiger charge is -2.14. The predicted octanol–water partition coefficient (Wildman–Crippen LogP) is 2.05. The number of pyridine rings is 1. The zero-order valence-corrected chi connectivity index (χ0v) is 13.2. The van der Waals surface area contributed by atoms with Crippen molar-refractivity contribution in [2.24, 2.45) is 0 Å². The highest BCUT2D eigenvalue weighted by molar-refractivity contribution is 6.32. The molecule has 2 radical (unpaired) electrons. The quantitative estimate of drug-likeness (QED) is 0.278. The SMILES string of the molecule is [B]c1ccc(-c2cc(C)c(-c3c(O)c(O)c(O)c(O)c3O)cn2)cc1. The van der Waals surface area contributed by atoms with Crippen LogP contribution in [0.25, 0.3) is 22.4 Å². The van der Waals surface area contributed by atoms with E-state index < -0.39 is 28.7 Å². The average Bonchev–Trinajstić information content (AvgIpc) is 2.60. The fourth-order valence-electron chi connectivity index (χ4n) is 2.57. The fraction of sp³-hybridized carbons (Fsp3) is 0.0556. The van der Waals surface area contributed by atoms with Gasteiger partial charge in [-0.25, -0.2) is 0 Å². The lowest BCUT2D eigenvalue weighted by molar-refractivity contribution is 0.330. The number of rotatable bonds is 2. The van der Waals surface area contributed by atoms with Gasteiger partial charge >= 0.3 is 0 Å². The summed E-state index contributed by atoms with van der Waals surface area (Å²) in [5.41, 5.74) is 2.79. The van der Waals surface area contributed by atoms with Crippen LogP contribution in [0.4, 0.5) is 0 Å². The largest absolute Gasteiger partial charge is 0.504 e. The summed E-state index contributed by atoms with van der Waals surface area (Å²) >= 11 is 0. The average molecular weight is 335 g/mol. The van der Waals surface area contributed by atoms with Gasteiger partial charge in [-0.3, -0.25) is 4.98 Å². The third kappa shape index (κ3) is 2.69. The zero-order valence-electron chi connectivity index (χ0n) is 13.2. The Morgan fingerprint density at radius 1 is 0.800 bits per heavy atom. The summed E-state index contributed by atoms with van der Waals surface area (Å²) in [4.78, 5) is 4.29. The van der Waals surface area contributed by atoms with E-state index in [9.17, 15) is 25.5 Å². The van der Waals surface area contributed by atoms with Crippen LogP contribution >= 0.6 is 0 Å². The molecular formula is C18H14BNO5. The summed E-state index contributed by atoms with van der Waals surface area (Å²) in [5, 5.41) is 49.0. The van der Waals surface area contributed by atoms with Crippen molar-refractivity contribution in [3.8, 4) is 51.1 Å². The lowest BCUT2D eigenvalue weighted by atomic mass is 9.94. The van der Waals surface area contributed by atoms with Gasteiger partial charge in [0.15, 0.2) is 11.5 Å². The minimum atomic E-state index is -0.997. The molecule has 0 atom stereocenters. The number of hydrogen-bond acceptors (Lipinski definition) is 6. The molecule has 1 aromatic heterocycles. The number of hydrogen-bond donors (Lipinski definition) is 5. The van der Waals surface area contributed by atoms with E-state index in [0.717, 1.165) is 5.56 Å². The first-order chi connectivity index (χ1) is 11.8. The van der Waals surface area contributed by atoms with Gasteiger partial charge in [-0.2, -0.15) is 0 Å². The molecule has 3 aromatic rings. The zero-order chi connectivity index (χ0) is 18.3. The van der Waals surface area contributed by atoms with Crippen LogP contribution in [0.2, 0.25) is 0 Å². The Labute approximate surface area is 144 Å². The Morgan fingerprint density at radius 3 is 1.84 bits per heavy atom. The Hall–Kier alpha value is -3.35. The molecule has 0 fully saturated rings. The molecule has 0 aliphatic carbocycles. The molecule has 0 unspecified atom stereocenters. The van der Waals surface area contributed by atoms with Gasteiger partial charge in [0.25, 0.3) is 0 Å². The Kier molecular flexibility index (Phi) is 3.92. The molecule has 0 aliphatic rings. The standard InChI is InChI=1S/C18H14BNO5/c1-8-6-12(9-2-4-10(19)5-3-9)20-7-11(8)13-14(21)16(23)18(25)17(24)15(13)22/h2-7,21-25H,1H3. The van der Waals surface area contributed by atoms with Gasteiger partial charge in [-0.1, -0.05) is 29.7 Å². The van der Waals surface area contributed by atoms with Crippen LogP contribution in [0, 0.1) is 6.92 Å². The first-order valence-corrected chi connectivity index (χ1v) is 7.33. The molecule has 3 rings (SSSR count). The molecule has 7 heteroatoms. The maximum absolute atomic E-state index is 10.1. The van der Waals surface area contributed by atoms with Crippen LogP contribution in [-0.4, -0.2) is 38.4 Å². The second kappa shape index (κ2) is 5.94. The van der Waals surface area contributed by atoms with E-state index in [1.54, 1.807) is 25.1 Å². The number of aromatic nitrogens is 1. The van der Waals surface area contributed by atoms with E-state index in [1.165, 1.54) is 6.20 Å². The molecule has 1 heterocycles. The van der Waals surface area contributed by atoms with E-state index in [4.69, 9.17) is 7.85 Å². The minimum absolute atomic E-state index is 0.221. The van der Waals surface area contributed by atoms with Crippen molar-refractivity contribution in [3.63, 3.8) is 0 Å². The van der Waals surface area contributed by atoms with Crippen molar-refractivity contribution in [2.45, 2.75) is 6.92 Å². The molecule has 0 aliphatic heterocycles. The molecule has 5 N–H and O–H groups in total. The highest BCUT2D eigenvalue weighted by Gasteiger charge is 2.25. The van der Waals surface area contributed by atoms with Gasteiger partial charge in [0.1, 0.15) is 7.85 Å². The number of nitrogens with zero attached hydrogens (tertiary/aromatic N) is 1. The number of aryl methyl sites for hydroxylation is 1. The van der Waals surface area contributed by atoms with E-state index in [0.29, 0.717) is 22.3 Å². The maximum atomic E-state index is 10.1. The summed E-state index contributed by atoms with van der Waals surface area (Å²) in [6.45, 7) is 1.72. The summed E-state index contributed by atoms with van der Waals surface area (Å²) in [6, 6.07) is 8.83. The molecule has 25 heavy (non-hydrogen) atoms. The molecule has 6 nitrogen and oxygen atoms in total. The number of phenols is 5. The fourth-order valence-corrected chi connectivity index (χ4v) is 2.57.